The van der Waals surface area contributed by atoms with Crippen molar-refractivity contribution in [2.75, 3.05) is 0 Å². The van der Waals surface area contributed by atoms with E-state index in [9.17, 15) is 0 Å². The molecule has 1 rings (SSSR count). The van der Waals surface area contributed by atoms with E-state index in [0.717, 1.165) is 23.7 Å². The Morgan fingerprint density at radius 3 is 2.29 bits per heavy atom. The Labute approximate surface area is 179 Å². The number of hydrogen-bond donors (Lipinski definition) is 0. The number of rotatable bonds is 15. The quantitative estimate of drug-likeness (QED) is 0.193. The van der Waals surface area contributed by atoms with E-state index in [1.807, 2.05) is 0 Å². The summed E-state index contributed by atoms with van der Waals surface area (Å²) < 4.78 is 0. The maximum absolute atomic E-state index is 2.58. The van der Waals surface area contributed by atoms with Gasteiger partial charge in [-0.15, -0.1) is 0 Å². The van der Waals surface area contributed by atoms with E-state index in [4.69, 9.17) is 0 Å². The molecule has 0 nitrogen and oxygen atoms in total. The Morgan fingerprint density at radius 2 is 1.79 bits per heavy atom. The molecule has 1 saturated carbocycles. The third-order valence-electron chi connectivity index (χ3n) is 8.47. The molecular weight excluding hydrogens is 336 g/mol. The average molecular weight is 391 g/mol. The van der Waals surface area contributed by atoms with Crippen LogP contribution in [-0.4, -0.2) is 0 Å². The molecular formula is C28H54. The largest absolute Gasteiger partial charge is 0.0917 e. The van der Waals surface area contributed by atoms with Crippen LogP contribution in [0.5, 0.6) is 0 Å². The fourth-order valence-electron chi connectivity index (χ4n) is 5.90. The second-order valence-electron chi connectivity index (χ2n) is 11.5. The van der Waals surface area contributed by atoms with E-state index in [2.05, 4.69) is 67.5 Å². The first kappa shape index (κ1) is 25.8. The van der Waals surface area contributed by atoms with Gasteiger partial charge in [0.15, 0.2) is 0 Å². The molecule has 0 aromatic heterocycles. The summed E-state index contributed by atoms with van der Waals surface area (Å²) in [6.45, 7) is 19.6. The van der Waals surface area contributed by atoms with Crippen LogP contribution in [0.1, 0.15) is 132 Å². The Kier molecular flexibility index (Phi) is 11.5. The van der Waals surface area contributed by atoms with E-state index in [0.29, 0.717) is 10.8 Å². The van der Waals surface area contributed by atoms with E-state index in [1.54, 1.807) is 0 Å². The third-order valence-corrected chi connectivity index (χ3v) is 8.47. The molecule has 0 aromatic rings. The maximum atomic E-state index is 2.58. The van der Waals surface area contributed by atoms with Crippen LogP contribution in [0.4, 0.5) is 0 Å². The monoisotopic (exact) mass is 390 g/mol. The van der Waals surface area contributed by atoms with Crippen molar-refractivity contribution in [1.29, 1.82) is 0 Å². The summed E-state index contributed by atoms with van der Waals surface area (Å²) in [5.74, 6) is 3.64. The smallest absolute Gasteiger partial charge is 0.0322 e. The Hall–Kier alpha value is -0.260. The zero-order valence-electron chi connectivity index (χ0n) is 20.9. The van der Waals surface area contributed by atoms with E-state index >= 15 is 0 Å². The maximum Gasteiger partial charge on any atom is -0.0322 e. The van der Waals surface area contributed by atoms with Crippen LogP contribution in [0.15, 0.2) is 12.2 Å². The summed E-state index contributed by atoms with van der Waals surface area (Å²) in [6, 6.07) is 0. The predicted octanol–water partition coefficient (Wildman–Crippen LogP) is 9.83. The average Bonchev–Trinajstić information content (AvgIpc) is 2.63. The molecule has 0 N–H and O–H groups in total. The minimum Gasteiger partial charge on any atom is -0.0917 e. The molecule has 4 unspecified atom stereocenters. The molecule has 0 radical (unpaired) electrons. The van der Waals surface area contributed by atoms with Crippen molar-refractivity contribution in [3.8, 4) is 0 Å². The molecule has 0 heteroatoms. The van der Waals surface area contributed by atoms with Crippen molar-refractivity contribution >= 4 is 0 Å². The number of allylic oxidation sites excluding steroid dienone is 2. The first-order valence-electron chi connectivity index (χ1n) is 12.8. The predicted molar refractivity (Wildman–Crippen MR) is 129 cm³/mol. The molecule has 0 spiro atoms. The lowest BCUT2D eigenvalue weighted by molar-refractivity contribution is 0.0592. The highest BCUT2D eigenvalue weighted by Gasteiger charge is 2.38. The van der Waals surface area contributed by atoms with Gasteiger partial charge in [-0.1, -0.05) is 92.7 Å². The van der Waals surface area contributed by atoms with Crippen molar-refractivity contribution in [2.45, 2.75) is 132 Å². The lowest BCUT2D eigenvalue weighted by Crippen LogP contribution is -2.34. The summed E-state index contributed by atoms with van der Waals surface area (Å²) in [4.78, 5) is 0. The molecule has 1 fully saturated rings. The molecule has 1 aliphatic carbocycles. The van der Waals surface area contributed by atoms with Crippen LogP contribution in [0.3, 0.4) is 0 Å². The van der Waals surface area contributed by atoms with Gasteiger partial charge >= 0.3 is 0 Å². The van der Waals surface area contributed by atoms with Gasteiger partial charge in [0.2, 0.25) is 0 Å². The zero-order chi connectivity index (χ0) is 21.2. The van der Waals surface area contributed by atoms with Crippen LogP contribution < -0.4 is 0 Å². The normalized spacial score (nSPS) is 22.8. The molecule has 0 saturated heterocycles. The number of hydrogen-bond acceptors (Lipinski definition) is 0. The van der Waals surface area contributed by atoms with Gasteiger partial charge in [0.25, 0.3) is 0 Å². The standard InChI is InChI=1S/C28H54/c1-9-12-16-24(11-3)19-21-28(7,8)26(23(4)15-10-2)18-14-13-17-25-20-22-27(25,5)6/h9,12,23-26H,10-11,13-22H2,1-8H3. The van der Waals surface area contributed by atoms with Gasteiger partial charge in [0.1, 0.15) is 0 Å². The fraction of sp³-hybridized carbons (Fsp3) is 0.929. The lowest BCUT2D eigenvalue weighted by Gasteiger charge is -2.45. The third kappa shape index (κ3) is 8.23. The van der Waals surface area contributed by atoms with Crippen LogP contribution in [0, 0.1) is 34.5 Å². The van der Waals surface area contributed by atoms with Crippen LogP contribution >= 0.6 is 0 Å². The van der Waals surface area contributed by atoms with Crippen molar-refractivity contribution in [2.24, 2.45) is 34.5 Å². The second kappa shape index (κ2) is 12.4. The summed E-state index contributed by atoms with van der Waals surface area (Å²) in [6.07, 6.45) is 21.5. The van der Waals surface area contributed by atoms with Crippen molar-refractivity contribution in [3.05, 3.63) is 12.2 Å². The van der Waals surface area contributed by atoms with Crippen molar-refractivity contribution in [1.82, 2.24) is 0 Å². The summed E-state index contributed by atoms with van der Waals surface area (Å²) >= 11 is 0. The van der Waals surface area contributed by atoms with Crippen LogP contribution in [0.2, 0.25) is 0 Å². The molecule has 0 heterocycles. The zero-order valence-corrected chi connectivity index (χ0v) is 20.9. The highest BCUT2D eigenvalue weighted by atomic mass is 14.4. The minimum atomic E-state index is 0.480. The van der Waals surface area contributed by atoms with Gasteiger partial charge in [-0.05, 0) is 86.4 Å². The summed E-state index contributed by atoms with van der Waals surface area (Å²) in [7, 11) is 0. The second-order valence-corrected chi connectivity index (χ2v) is 11.5. The van der Waals surface area contributed by atoms with Gasteiger partial charge < -0.3 is 0 Å². The molecule has 1 aliphatic rings. The van der Waals surface area contributed by atoms with Gasteiger partial charge in [-0.25, -0.2) is 0 Å². The van der Waals surface area contributed by atoms with E-state index in [-0.39, 0.29) is 0 Å². The first-order chi connectivity index (χ1) is 13.2. The Bertz CT molecular complexity index is 427. The number of unbranched alkanes of at least 4 members (excludes halogenated alkanes) is 1. The highest BCUT2D eigenvalue weighted by Crippen LogP contribution is 2.49. The molecule has 0 bridgehead atoms. The molecule has 0 aromatic carbocycles. The molecule has 28 heavy (non-hydrogen) atoms. The molecule has 4 atom stereocenters. The van der Waals surface area contributed by atoms with Gasteiger partial charge in [0, 0.05) is 0 Å². The Morgan fingerprint density at radius 1 is 1.07 bits per heavy atom. The van der Waals surface area contributed by atoms with E-state index in [1.165, 1.54) is 77.0 Å². The van der Waals surface area contributed by atoms with Crippen molar-refractivity contribution in [3.63, 3.8) is 0 Å². The van der Waals surface area contributed by atoms with E-state index < -0.39 is 0 Å². The van der Waals surface area contributed by atoms with Crippen molar-refractivity contribution < 1.29 is 0 Å². The van der Waals surface area contributed by atoms with Crippen LogP contribution in [-0.2, 0) is 0 Å². The van der Waals surface area contributed by atoms with Gasteiger partial charge in [0.05, 0.1) is 0 Å². The highest BCUT2D eigenvalue weighted by molar-refractivity contribution is 4.89. The van der Waals surface area contributed by atoms with Crippen LogP contribution in [0.25, 0.3) is 0 Å². The SMILES string of the molecule is CC=CCC(CC)CCC(C)(C)C(CCCCC1CCC1(C)C)C(C)CCC. The van der Waals surface area contributed by atoms with Gasteiger partial charge in [-0.2, -0.15) is 0 Å². The molecule has 0 amide bonds. The minimum absolute atomic E-state index is 0.480. The topological polar surface area (TPSA) is 0 Å². The van der Waals surface area contributed by atoms with Gasteiger partial charge in [-0.3, -0.25) is 0 Å². The molecule has 0 aliphatic heterocycles. The fourth-order valence-corrected chi connectivity index (χ4v) is 5.90. The summed E-state index contributed by atoms with van der Waals surface area (Å²) in [5, 5.41) is 0. The lowest BCUT2D eigenvalue weighted by atomic mass is 9.60. The molecule has 166 valence electrons. The Balaban J connectivity index is 2.57. The first-order valence-corrected chi connectivity index (χ1v) is 12.8. The summed E-state index contributed by atoms with van der Waals surface area (Å²) in [5.41, 5.74) is 1.12.